The summed E-state index contributed by atoms with van der Waals surface area (Å²) in [5.74, 6) is -1.52. The van der Waals surface area contributed by atoms with Gasteiger partial charge in [-0.2, -0.15) is 5.10 Å². The van der Waals surface area contributed by atoms with Crippen LogP contribution in [0.4, 0.5) is 22.7 Å². The van der Waals surface area contributed by atoms with Gasteiger partial charge in [-0.1, -0.05) is 48.0 Å². The minimum atomic E-state index is -0.759. The molecular weight excluding hydrogens is 422 g/mol. The Morgan fingerprint density at radius 2 is 1.35 bits per heavy atom. The van der Waals surface area contributed by atoms with Crippen LogP contribution < -0.4 is 16.1 Å². The van der Waals surface area contributed by atoms with E-state index in [0.717, 1.165) is 6.07 Å². The van der Waals surface area contributed by atoms with Crippen LogP contribution in [-0.4, -0.2) is 22.4 Å². The topological polar surface area (TPSA) is 126 Å². The quantitative estimate of drug-likeness (QED) is 0.220. The lowest BCUT2D eigenvalue weighted by atomic mass is 10.2. The SMILES string of the molecule is O=C(Nc1ccccc1)C(=NNc1ccc([N+](=O)[O-])cc1Cl)C(=O)Nc1ccccc1. The molecular formula is C21H16ClN5O4. The minimum absolute atomic E-state index is 0.00392. The first-order valence-electron chi connectivity index (χ1n) is 8.94. The Balaban J connectivity index is 1.86. The predicted molar refractivity (Wildman–Crippen MR) is 119 cm³/mol. The summed E-state index contributed by atoms with van der Waals surface area (Å²) in [7, 11) is 0. The van der Waals surface area contributed by atoms with Gasteiger partial charge >= 0.3 is 0 Å². The van der Waals surface area contributed by atoms with Crippen molar-refractivity contribution in [3.05, 3.63) is 94.0 Å². The molecule has 0 aliphatic rings. The van der Waals surface area contributed by atoms with Crippen molar-refractivity contribution >= 4 is 51.9 Å². The number of carbonyl (C=O) groups is 2. The number of non-ortho nitro benzene ring substituents is 1. The molecule has 0 atom stereocenters. The van der Waals surface area contributed by atoms with Gasteiger partial charge in [-0.3, -0.25) is 25.1 Å². The van der Waals surface area contributed by atoms with Crippen molar-refractivity contribution in [1.29, 1.82) is 0 Å². The molecule has 3 aromatic carbocycles. The zero-order valence-corrected chi connectivity index (χ0v) is 16.7. The van der Waals surface area contributed by atoms with Crippen molar-refractivity contribution < 1.29 is 14.5 Å². The molecule has 0 radical (unpaired) electrons. The van der Waals surface area contributed by atoms with Gasteiger partial charge in [-0.25, -0.2) is 0 Å². The fourth-order valence-corrected chi connectivity index (χ4v) is 2.67. The van der Waals surface area contributed by atoms with Crippen LogP contribution >= 0.6 is 11.6 Å². The second kappa shape index (κ2) is 9.99. The van der Waals surface area contributed by atoms with Crippen LogP contribution in [0.25, 0.3) is 0 Å². The van der Waals surface area contributed by atoms with Crippen LogP contribution in [0.15, 0.2) is 84.0 Å². The van der Waals surface area contributed by atoms with E-state index in [1.807, 2.05) is 0 Å². The van der Waals surface area contributed by atoms with Crippen molar-refractivity contribution in [2.45, 2.75) is 0 Å². The van der Waals surface area contributed by atoms with Crippen molar-refractivity contribution in [2.75, 3.05) is 16.1 Å². The molecule has 0 aliphatic carbocycles. The molecule has 3 rings (SSSR count). The van der Waals surface area contributed by atoms with E-state index in [-0.39, 0.29) is 16.4 Å². The standard InChI is InChI=1S/C21H16ClN5O4/c22-17-13-16(27(30)31)11-12-18(17)25-26-19(20(28)23-14-7-3-1-4-8-14)21(29)24-15-9-5-2-6-10-15/h1-13,25H,(H,23,28)(H,24,29). The number of carbonyl (C=O) groups excluding carboxylic acids is 2. The lowest BCUT2D eigenvalue weighted by Crippen LogP contribution is -2.35. The number of anilines is 3. The highest BCUT2D eigenvalue weighted by Crippen LogP contribution is 2.26. The number of amides is 2. The van der Waals surface area contributed by atoms with Gasteiger partial charge in [-0.05, 0) is 30.3 Å². The number of hydrogen-bond donors (Lipinski definition) is 3. The number of nitrogens with one attached hydrogen (secondary N) is 3. The number of benzene rings is 3. The highest BCUT2D eigenvalue weighted by molar-refractivity contribution is 6.69. The van der Waals surface area contributed by atoms with Gasteiger partial charge in [0.2, 0.25) is 5.71 Å². The summed E-state index contributed by atoms with van der Waals surface area (Å²) < 4.78 is 0. The Morgan fingerprint density at radius 3 is 1.81 bits per heavy atom. The number of halogens is 1. The number of hydrogen-bond acceptors (Lipinski definition) is 6. The van der Waals surface area contributed by atoms with E-state index in [1.165, 1.54) is 12.1 Å². The third-order valence-electron chi connectivity index (χ3n) is 3.95. The van der Waals surface area contributed by atoms with E-state index in [2.05, 4.69) is 21.2 Å². The summed E-state index contributed by atoms with van der Waals surface area (Å²) in [5.41, 5.74) is 2.98. The number of nitro benzene ring substituents is 1. The second-order valence-electron chi connectivity index (χ2n) is 6.13. The summed E-state index contributed by atoms with van der Waals surface area (Å²) >= 11 is 6.04. The molecule has 0 spiro atoms. The molecule has 0 heterocycles. The molecule has 31 heavy (non-hydrogen) atoms. The molecule has 0 bridgehead atoms. The maximum Gasteiger partial charge on any atom is 0.281 e. The van der Waals surface area contributed by atoms with Gasteiger partial charge in [0, 0.05) is 23.5 Å². The zero-order chi connectivity index (χ0) is 22.2. The largest absolute Gasteiger partial charge is 0.320 e. The lowest BCUT2D eigenvalue weighted by molar-refractivity contribution is -0.384. The van der Waals surface area contributed by atoms with E-state index in [1.54, 1.807) is 60.7 Å². The minimum Gasteiger partial charge on any atom is -0.320 e. The van der Waals surface area contributed by atoms with E-state index in [0.29, 0.717) is 11.4 Å². The van der Waals surface area contributed by atoms with Gasteiger partial charge in [0.25, 0.3) is 17.5 Å². The predicted octanol–water partition coefficient (Wildman–Crippen LogP) is 4.29. The lowest BCUT2D eigenvalue weighted by Gasteiger charge is -2.10. The Kier molecular flexibility index (Phi) is 6.92. The fraction of sp³-hybridized carbons (Fsp3) is 0. The van der Waals surface area contributed by atoms with Gasteiger partial charge in [0.15, 0.2) is 0 Å². The molecule has 3 aromatic rings. The van der Waals surface area contributed by atoms with Crippen LogP contribution in [0.1, 0.15) is 0 Å². The zero-order valence-electron chi connectivity index (χ0n) is 15.9. The summed E-state index contributed by atoms with van der Waals surface area (Å²) in [4.78, 5) is 35.7. The Hall–Kier alpha value is -4.24. The second-order valence-corrected chi connectivity index (χ2v) is 6.54. The van der Waals surface area contributed by atoms with E-state index in [9.17, 15) is 19.7 Å². The molecule has 0 saturated heterocycles. The number of nitro groups is 1. The third-order valence-corrected chi connectivity index (χ3v) is 4.26. The maximum atomic E-state index is 12.7. The molecule has 9 nitrogen and oxygen atoms in total. The van der Waals surface area contributed by atoms with Crippen LogP contribution in [0.3, 0.4) is 0 Å². The normalized spacial score (nSPS) is 9.97. The number of para-hydroxylation sites is 2. The highest BCUT2D eigenvalue weighted by atomic mass is 35.5. The summed E-state index contributed by atoms with van der Waals surface area (Å²) in [6.07, 6.45) is 0. The van der Waals surface area contributed by atoms with Gasteiger partial charge in [-0.15, -0.1) is 0 Å². The summed E-state index contributed by atoms with van der Waals surface area (Å²) in [6.45, 7) is 0. The number of hydrazone groups is 1. The molecule has 0 unspecified atom stereocenters. The van der Waals surface area contributed by atoms with Crippen molar-refractivity contribution in [1.82, 2.24) is 0 Å². The monoisotopic (exact) mass is 437 g/mol. The first-order chi connectivity index (χ1) is 14.9. The summed E-state index contributed by atoms with van der Waals surface area (Å²) in [5, 5.41) is 19.9. The van der Waals surface area contributed by atoms with Crippen molar-refractivity contribution in [2.24, 2.45) is 5.10 Å². The van der Waals surface area contributed by atoms with Crippen LogP contribution in [0.5, 0.6) is 0 Å². The first kappa shape index (κ1) is 21.5. The Bertz CT molecular complexity index is 1080. The smallest absolute Gasteiger partial charge is 0.281 e. The third kappa shape index (κ3) is 5.87. The van der Waals surface area contributed by atoms with E-state index < -0.39 is 22.4 Å². The van der Waals surface area contributed by atoms with Gasteiger partial charge in [0.1, 0.15) is 0 Å². The number of nitrogens with zero attached hydrogens (tertiary/aromatic N) is 2. The first-order valence-corrected chi connectivity index (χ1v) is 9.32. The van der Waals surface area contributed by atoms with Gasteiger partial charge in [0.05, 0.1) is 15.6 Å². The average Bonchev–Trinajstić information content (AvgIpc) is 2.76. The van der Waals surface area contributed by atoms with Crippen LogP contribution in [0.2, 0.25) is 5.02 Å². The van der Waals surface area contributed by atoms with Crippen LogP contribution in [0, 0.1) is 10.1 Å². The van der Waals surface area contributed by atoms with Crippen LogP contribution in [-0.2, 0) is 9.59 Å². The molecule has 0 aliphatic heterocycles. The van der Waals surface area contributed by atoms with Gasteiger partial charge < -0.3 is 10.6 Å². The molecule has 0 fully saturated rings. The number of rotatable bonds is 7. The summed E-state index contributed by atoms with van der Waals surface area (Å²) in [6, 6.07) is 20.8. The molecule has 0 aromatic heterocycles. The van der Waals surface area contributed by atoms with Crippen molar-refractivity contribution in [3.8, 4) is 0 Å². The Morgan fingerprint density at radius 1 is 0.839 bits per heavy atom. The fourth-order valence-electron chi connectivity index (χ4n) is 2.45. The maximum absolute atomic E-state index is 12.7. The average molecular weight is 438 g/mol. The van der Waals surface area contributed by atoms with E-state index in [4.69, 9.17) is 11.6 Å². The van der Waals surface area contributed by atoms with Crippen molar-refractivity contribution in [3.63, 3.8) is 0 Å². The molecule has 156 valence electrons. The molecule has 0 saturated carbocycles. The van der Waals surface area contributed by atoms with E-state index >= 15 is 0 Å². The highest BCUT2D eigenvalue weighted by Gasteiger charge is 2.22. The molecule has 3 N–H and O–H groups in total. The molecule has 10 heteroatoms. The Labute approximate surface area is 181 Å². The molecule has 2 amide bonds.